The van der Waals surface area contributed by atoms with Gasteiger partial charge in [0.2, 0.25) is 17.8 Å². The normalized spacial score (nSPS) is 15.4. The van der Waals surface area contributed by atoms with Crippen molar-refractivity contribution in [1.82, 2.24) is 19.7 Å². The van der Waals surface area contributed by atoms with E-state index in [9.17, 15) is 14.4 Å². The summed E-state index contributed by atoms with van der Waals surface area (Å²) in [4.78, 5) is 48.0. The maximum Gasteiger partial charge on any atom is 0.255 e. The lowest BCUT2D eigenvalue weighted by molar-refractivity contribution is -0.122. The lowest BCUT2D eigenvalue weighted by atomic mass is 10.1. The van der Waals surface area contributed by atoms with Crippen LogP contribution in [0.25, 0.3) is 16.5 Å². The Kier molecular flexibility index (Phi) is 6.15. The molecule has 36 heavy (non-hydrogen) atoms. The number of aromatic amines is 1. The Labute approximate surface area is 210 Å². The summed E-state index contributed by atoms with van der Waals surface area (Å²) in [5, 5.41) is 9.43. The highest BCUT2D eigenvalue weighted by molar-refractivity contribution is 7.13. The van der Waals surface area contributed by atoms with E-state index in [1.807, 2.05) is 17.5 Å². The summed E-state index contributed by atoms with van der Waals surface area (Å²) in [5.41, 5.74) is 2.13. The van der Waals surface area contributed by atoms with Crippen LogP contribution in [0.5, 0.6) is 5.75 Å². The van der Waals surface area contributed by atoms with Gasteiger partial charge in [0, 0.05) is 36.0 Å². The van der Waals surface area contributed by atoms with Crippen molar-refractivity contribution in [2.45, 2.75) is 20.3 Å². The smallest absolute Gasteiger partial charge is 0.255 e. The number of methoxy groups -OCH3 is 1. The number of H-pyrrole nitrogens is 1. The van der Waals surface area contributed by atoms with Crippen molar-refractivity contribution in [3.63, 3.8) is 0 Å². The molecule has 0 spiro atoms. The van der Waals surface area contributed by atoms with E-state index in [1.165, 1.54) is 16.0 Å². The molecule has 2 N–H and O–H groups in total. The van der Waals surface area contributed by atoms with Gasteiger partial charge in [0.25, 0.3) is 5.56 Å². The van der Waals surface area contributed by atoms with Crippen LogP contribution in [0.15, 0.2) is 52.6 Å². The molecule has 1 aliphatic heterocycles. The molecule has 1 aromatic carbocycles. The summed E-state index contributed by atoms with van der Waals surface area (Å²) < 4.78 is 6.60. The van der Waals surface area contributed by atoms with Crippen LogP contribution in [0, 0.1) is 19.8 Å². The first-order valence-corrected chi connectivity index (χ1v) is 12.2. The third kappa shape index (κ3) is 4.40. The van der Waals surface area contributed by atoms with Crippen molar-refractivity contribution in [3.05, 3.63) is 69.5 Å². The van der Waals surface area contributed by atoms with E-state index in [-0.39, 0.29) is 36.3 Å². The number of hydrogen-bond donors (Lipinski definition) is 2. The predicted molar refractivity (Wildman–Crippen MR) is 137 cm³/mol. The summed E-state index contributed by atoms with van der Waals surface area (Å²) in [6, 6.07) is 12.7. The molecule has 0 bridgehead atoms. The van der Waals surface area contributed by atoms with Gasteiger partial charge in [-0.25, -0.2) is 4.98 Å². The van der Waals surface area contributed by atoms with Gasteiger partial charge in [0.1, 0.15) is 17.3 Å². The molecule has 3 aromatic heterocycles. The number of aromatic nitrogens is 4. The van der Waals surface area contributed by atoms with Gasteiger partial charge < -0.3 is 15.0 Å². The van der Waals surface area contributed by atoms with E-state index in [2.05, 4.69) is 20.4 Å². The number of nitrogens with one attached hydrogen (secondary N) is 2. The van der Waals surface area contributed by atoms with Crippen molar-refractivity contribution in [2.75, 3.05) is 23.9 Å². The monoisotopic (exact) mass is 504 g/mol. The quantitative estimate of drug-likeness (QED) is 0.416. The number of anilines is 2. The molecule has 4 aromatic rings. The van der Waals surface area contributed by atoms with E-state index in [4.69, 9.17) is 4.74 Å². The lowest BCUT2D eigenvalue weighted by Crippen LogP contribution is -2.29. The van der Waals surface area contributed by atoms with Crippen molar-refractivity contribution in [2.24, 2.45) is 5.92 Å². The zero-order valence-electron chi connectivity index (χ0n) is 19.9. The lowest BCUT2D eigenvalue weighted by Gasteiger charge is -2.17. The van der Waals surface area contributed by atoms with Crippen LogP contribution in [0.3, 0.4) is 0 Å². The van der Waals surface area contributed by atoms with Gasteiger partial charge in [-0.1, -0.05) is 6.07 Å². The predicted octanol–water partition coefficient (Wildman–Crippen LogP) is 3.30. The maximum atomic E-state index is 13.3. The number of aryl methyl sites for hydroxylation is 1. The molecular formula is C25H24N6O4S. The van der Waals surface area contributed by atoms with Crippen molar-refractivity contribution >= 4 is 34.7 Å². The minimum Gasteiger partial charge on any atom is -0.497 e. The molecule has 5 rings (SSSR count). The summed E-state index contributed by atoms with van der Waals surface area (Å²) in [6.07, 6.45) is 0.0858. The zero-order chi connectivity index (χ0) is 25.4. The Balaban J connectivity index is 1.43. The first-order chi connectivity index (χ1) is 17.3. The largest absolute Gasteiger partial charge is 0.497 e. The molecule has 4 heterocycles. The summed E-state index contributed by atoms with van der Waals surface area (Å²) in [5.74, 6) is 0.235. The van der Waals surface area contributed by atoms with Gasteiger partial charge in [-0.05, 0) is 49.6 Å². The van der Waals surface area contributed by atoms with E-state index < -0.39 is 5.92 Å². The second-order valence-corrected chi connectivity index (χ2v) is 9.44. The van der Waals surface area contributed by atoms with Crippen LogP contribution in [-0.2, 0) is 9.59 Å². The van der Waals surface area contributed by atoms with Gasteiger partial charge in [0.05, 0.1) is 17.9 Å². The number of benzene rings is 1. The minimum absolute atomic E-state index is 0.0858. The average Bonchev–Trinajstić information content (AvgIpc) is 3.62. The number of ether oxygens (including phenoxy) is 1. The Hall–Kier alpha value is -4.25. The SMILES string of the molecule is COc1ccc(N2CC(C(=O)Nc3cc(-c4cccs4)nn3-c3nc(C)c(C)c(=O)[nH]3)CC2=O)cc1. The second-order valence-electron chi connectivity index (χ2n) is 8.50. The molecule has 0 aliphatic carbocycles. The molecule has 2 amide bonds. The summed E-state index contributed by atoms with van der Waals surface area (Å²) in [6.45, 7) is 3.69. The van der Waals surface area contributed by atoms with Crippen LogP contribution < -0.4 is 20.5 Å². The van der Waals surface area contributed by atoms with Gasteiger partial charge in [-0.2, -0.15) is 9.78 Å². The van der Waals surface area contributed by atoms with Gasteiger partial charge in [0.15, 0.2) is 0 Å². The summed E-state index contributed by atoms with van der Waals surface area (Å²) >= 11 is 1.51. The topological polar surface area (TPSA) is 122 Å². The first kappa shape index (κ1) is 23.5. The van der Waals surface area contributed by atoms with Gasteiger partial charge in [-0.3, -0.25) is 19.4 Å². The standard InChI is InChI=1S/C25H24N6O4S/c1-14-15(2)26-25(28-23(14)33)31-21(12-19(29-31)20-5-4-10-36-20)27-24(34)16-11-22(32)30(13-16)17-6-8-18(35-3)9-7-17/h4-10,12,16H,11,13H2,1-3H3,(H,27,34)(H,26,28,33). The van der Waals surface area contributed by atoms with E-state index in [0.29, 0.717) is 34.2 Å². The van der Waals surface area contributed by atoms with Crippen LogP contribution in [-0.4, -0.2) is 45.2 Å². The van der Waals surface area contributed by atoms with Crippen LogP contribution in [0.4, 0.5) is 11.5 Å². The molecule has 1 fully saturated rings. The number of nitrogens with zero attached hydrogens (tertiary/aromatic N) is 4. The van der Waals surface area contributed by atoms with Crippen LogP contribution in [0.2, 0.25) is 0 Å². The Morgan fingerprint density at radius 3 is 2.64 bits per heavy atom. The fourth-order valence-corrected chi connectivity index (χ4v) is 4.71. The molecule has 10 nitrogen and oxygen atoms in total. The highest BCUT2D eigenvalue weighted by Crippen LogP contribution is 2.30. The molecule has 1 saturated heterocycles. The fourth-order valence-electron chi connectivity index (χ4n) is 4.03. The molecule has 1 aliphatic rings. The van der Waals surface area contributed by atoms with E-state index in [0.717, 1.165) is 4.88 Å². The van der Waals surface area contributed by atoms with Gasteiger partial charge in [-0.15, -0.1) is 11.3 Å². The maximum absolute atomic E-state index is 13.3. The molecule has 11 heteroatoms. The van der Waals surface area contributed by atoms with Crippen LogP contribution in [0.1, 0.15) is 17.7 Å². The summed E-state index contributed by atoms with van der Waals surface area (Å²) in [7, 11) is 1.58. The molecule has 1 atom stereocenters. The average molecular weight is 505 g/mol. The fraction of sp³-hybridized carbons (Fsp3) is 0.240. The number of rotatable bonds is 6. The number of carbonyl (C=O) groups excluding carboxylic acids is 2. The highest BCUT2D eigenvalue weighted by atomic mass is 32.1. The molecule has 0 saturated carbocycles. The number of hydrogen-bond acceptors (Lipinski definition) is 7. The number of amides is 2. The number of carbonyl (C=O) groups is 2. The van der Waals surface area contributed by atoms with Crippen molar-refractivity contribution in [3.8, 4) is 22.3 Å². The zero-order valence-corrected chi connectivity index (χ0v) is 20.8. The van der Waals surface area contributed by atoms with Gasteiger partial charge >= 0.3 is 0 Å². The second kappa shape index (κ2) is 9.42. The van der Waals surface area contributed by atoms with E-state index in [1.54, 1.807) is 56.2 Å². The first-order valence-electron chi connectivity index (χ1n) is 11.3. The Morgan fingerprint density at radius 1 is 1.19 bits per heavy atom. The van der Waals surface area contributed by atoms with E-state index >= 15 is 0 Å². The Morgan fingerprint density at radius 2 is 1.97 bits per heavy atom. The molecule has 1 unspecified atom stereocenters. The highest BCUT2D eigenvalue weighted by Gasteiger charge is 2.35. The molecule has 184 valence electrons. The minimum atomic E-state index is -0.556. The third-order valence-corrected chi connectivity index (χ3v) is 7.09. The Bertz CT molecular complexity index is 1490. The van der Waals surface area contributed by atoms with Crippen molar-refractivity contribution < 1.29 is 14.3 Å². The molecular weight excluding hydrogens is 480 g/mol. The number of thiophene rings is 1. The van der Waals surface area contributed by atoms with Crippen molar-refractivity contribution in [1.29, 1.82) is 0 Å². The third-order valence-electron chi connectivity index (χ3n) is 6.20. The molecule has 0 radical (unpaired) electrons. The van der Waals surface area contributed by atoms with Crippen LogP contribution >= 0.6 is 11.3 Å².